The van der Waals surface area contributed by atoms with Crippen molar-refractivity contribution in [2.24, 2.45) is 0 Å². The summed E-state index contributed by atoms with van der Waals surface area (Å²) in [4.78, 5) is 0. The van der Waals surface area contributed by atoms with Gasteiger partial charge in [-0.2, -0.15) is 5.10 Å². The van der Waals surface area contributed by atoms with Gasteiger partial charge in [0.1, 0.15) is 5.21 Å². The Morgan fingerprint density at radius 3 is 2.85 bits per heavy atom. The summed E-state index contributed by atoms with van der Waals surface area (Å²) in [6.07, 6.45) is 3.39. The van der Waals surface area contributed by atoms with Crippen molar-refractivity contribution in [2.45, 2.75) is 6.54 Å². The first kappa shape index (κ1) is 10.5. The third kappa shape index (κ3) is 3.75. The minimum Gasteiger partial charge on any atom is -0.271 e. The SMILES string of the molecule is O=S(=O)(CCl)NCCn1cccn1. The average Bonchev–Trinajstić information content (AvgIpc) is 2.57. The molecule has 0 radical (unpaired) electrons. The van der Waals surface area contributed by atoms with Crippen molar-refractivity contribution < 1.29 is 8.42 Å². The van der Waals surface area contributed by atoms with Crippen LogP contribution in [0.4, 0.5) is 0 Å². The van der Waals surface area contributed by atoms with E-state index in [2.05, 4.69) is 9.82 Å². The molecule has 0 aliphatic rings. The third-order valence-corrected chi connectivity index (χ3v) is 3.16. The van der Waals surface area contributed by atoms with E-state index >= 15 is 0 Å². The molecule has 1 N–H and O–H groups in total. The number of hydrogen-bond donors (Lipinski definition) is 1. The molecule has 0 saturated carbocycles. The Bertz CT molecular complexity index is 335. The third-order valence-electron chi connectivity index (χ3n) is 1.37. The first-order chi connectivity index (χ1) is 6.14. The van der Waals surface area contributed by atoms with E-state index in [-0.39, 0.29) is 0 Å². The van der Waals surface area contributed by atoms with Crippen molar-refractivity contribution in [3.63, 3.8) is 0 Å². The molecule has 5 nitrogen and oxygen atoms in total. The van der Waals surface area contributed by atoms with E-state index in [1.54, 1.807) is 23.1 Å². The fraction of sp³-hybridized carbons (Fsp3) is 0.500. The van der Waals surface area contributed by atoms with Gasteiger partial charge in [-0.25, -0.2) is 13.1 Å². The van der Waals surface area contributed by atoms with Gasteiger partial charge in [-0.1, -0.05) is 0 Å². The highest BCUT2D eigenvalue weighted by atomic mass is 35.5. The monoisotopic (exact) mass is 223 g/mol. The molecule has 0 amide bonds. The van der Waals surface area contributed by atoms with Gasteiger partial charge in [-0.15, -0.1) is 11.6 Å². The maximum absolute atomic E-state index is 10.9. The number of alkyl halides is 1. The quantitative estimate of drug-likeness (QED) is 0.715. The fourth-order valence-corrected chi connectivity index (χ4v) is 1.50. The molecular formula is C6H10ClN3O2S. The molecule has 0 aliphatic carbocycles. The Kier molecular flexibility index (Phi) is 3.71. The lowest BCUT2D eigenvalue weighted by atomic mass is 10.6. The molecule has 1 heterocycles. The van der Waals surface area contributed by atoms with Crippen molar-refractivity contribution in [1.82, 2.24) is 14.5 Å². The average molecular weight is 224 g/mol. The number of rotatable bonds is 5. The maximum Gasteiger partial charge on any atom is 0.225 e. The smallest absolute Gasteiger partial charge is 0.225 e. The van der Waals surface area contributed by atoms with Gasteiger partial charge in [0, 0.05) is 18.9 Å². The van der Waals surface area contributed by atoms with Crippen LogP contribution in [0.3, 0.4) is 0 Å². The molecule has 0 bridgehead atoms. The van der Waals surface area contributed by atoms with E-state index in [9.17, 15) is 8.42 Å². The first-order valence-corrected chi connectivity index (χ1v) is 5.83. The van der Waals surface area contributed by atoms with Crippen LogP contribution in [0.1, 0.15) is 0 Å². The van der Waals surface area contributed by atoms with Crippen LogP contribution in [0, 0.1) is 0 Å². The molecule has 1 aromatic heterocycles. The van der Waals surface area contributed by atoms with E-state index in [0.29, 0.717) is 13.1 Å². The second-order valence-electron chi connectivity index (χ2n) is 2.39. The van der Waals surface area contributed by atoms with Crippen molar-refractivity contribution in [1.29, 1.82) is 0 Å². The van der Waals surface area contributed by atoms with E-state index < -0.39 is 15.2 Å². The van der Waals surface area contributed by atoms with E-state index in [0.717, 1.165) is 0 Å². The molecule has 0 atom stereocenters. The van der Waals surface area contributed by atoms with Crippen molar-refractivity contribution in [3.05, 3.63) is 18.5 Å². The van der Waals surface area contributed by atoms with Crippen LogP contribution in [0.5, 0.6) is 0 Å². The van der Waals surface area contributed by atoms with Crippen LogP contribution in [0.2, 0.25) is 0 Å². The van der Waals surface area contributed by atoms with Gasteiger partial charge in [0.05, 0.1) is 6.54 Å². The Morgan fingerprint density at radius 1 is 1.54 bits per heavy atom. The molecule has 0 unspecified atom stereocenters. The Balaban J connectivity index is 2.30. The Morgan fingerprint density at radius 2 is 2.31 bits per heavy atom. The molecule has 0 aliphatic heterocycles. The number of halogens is 1. The lowest BCUT2D eigenvalue weighted by Gasteiger charge is -2.03. The van der Waals surface area contributed by atoms with Crippen molar-refractivity contribution in [3.8, 4) is 0 Å². The van der Waals surface area contributed by atoms with E-state index in [1.165, 1.54) is 0 Å². The lowest BCUT2D eigenvalue weighted by molar-refractivity contribution is 0.564. The standard InChI is InChI=1S/C6H10ClN3O2S/c7-6-13(11,12)9-3-5-10-4-1-2-8-10/h1-2,4,9H,3,5-6H2. The van der Waals surface area contributed by atoms with Gasteiger partial charge >= 0.3 is 0 Å². The molecule has 74 valence electrons. The van der Waals surface area contributed by atoms with Crippen LogP contribution < -0.4 is 4.72 Å². The van der Waals surface area contributed by atoms with E-state index in [4.69, 9.17) is 11.6 Å². The summed E-state index contributed by atoms with van der Waals surface area (Å²) in [6, 6.07) is 1.77. The first-order valence-electron chi connectivity index (χ1n) is 3.65. The van der Waals surface area contributed by atoms with E-state index in [1.807, 2.05) is 0 Å². The topological polar surface area (TPSA) is 64.0 Å². The predicted octanol–water partition coefficient (Wildman–Crippen LogP) is -0.00120. The molecule has 0 aromatic carbocycles. The van der Waals surface area contributed by atoms with Crippen LogP contribution >= 0.6 is 11.6 Å². The highest BCUT2D eigenvalue weighted by molar-refractivity contribution is 7.90. The zero-order valence-electron chi connectivity index (χ0n) is 6.85. The summed E-state index contributed by atoms with van der Waals surface area (Å²) in [5, 5.41) is 3.50. The molecule has 7 heteroatoms. The number of sulfonamides is 1. The van der Waals surface area contributed by atoms with Gasteiger partial charge in [0.15, 0.2) is 0 Å². The summed E-state index contributed by atoms with van der Waals surface area (Å²) in [7, 11) is -3.30. The Labute approximate surface area is 81.7 Å². The second-order valence-corrected chi connectivity index (χ2v) is 4.78. The summed E-state index contributed by atoms with van der Waals surface area (Å²) in [6.45, 7) is 0.805. The van der Waals surface area contributed by atoms with Crippen LogP contribution in [-0.4, -0.2) is 30.0 Å². The minimum absolute atomic E-state index is 0.302. The summed E-state index contributed by atoms with van der Waals surface area (Å²) in [5.74, 6) is 0. The molecule has 0 saturated heterocycles. The highest BCUT2D eigenvalue weighted by Crippen LogP contribution is 1.88. The van der Waals surface area contributed by atoms with Gasteiger partial charge < -0.3 is 0 Å². The van der Waals surface area contributed by atoms with Crippen molar-refractivity contribution in [2.75, 3.05) is 11.8 Å². The molecule has 0 spiro atoms. The van der Waals surface area contributed by atoms with Crippen LogP contribution in [0.15, 0.2) is 18.5 Å². The van der Waals surface area contributed by atoms with Gasteiger partial charge in [-0.3, -0.25) is 4.68 Å². The summed E-state index contributed by atoms with van der Waals surface area (Å²) in [5.41, 5.74) is 0. The number of nitrogens with zero attached hydrogens (tertiary/aromatic N) is 2. The summed E-state index contributed by atoms with van der Waals surface area (Å²) < 4.78 is 25.7. The molecular weight excluding hydrogens is 214 g/mol. The normalized spacial score (nSPS) is 11.8. The molecule has 13 heavy (non-hydrogen) atoms. The van der Waals surface area contributed by atoms with Crippen LogP contribution in [0.25, 0.3) is 0 Å². The highest BCUT2D eigenvalue weighted by Gasteiger charge is 2.05. The number of hydrogen-bond acceptors (Lipinski definition) is 3. The molecule has 0 fully saturated rings. The minimum atomic E-state index is -3.30. The maximum atomic E-state index is 10.9. The predicted molar refractivity (Wildman–Crippen MR) is 49.9 cm³/mol. The Hall–Kier alpha value is -0.590. The zero-order valence-corrected chi connectivity index (χ0v) is 8.42. The molecule has 1 aromatic rings. The fourth-order valence-electron chi connectivity index (χ4n) is 0.787. The number of aromatic nitrogens is 2. The summed E-state index contributed by atoms with van der Waals surface area (Å²) >= 11 is 5.18. The van der Waals surface area contributed by atoms with Gasteiger partial charge in [0.25, 0.3) is 0 Å². The van der Waals surface area contributed by atoms with Gasteiger partial charge in [0.2, 0.25) is 10.0 Å². The van der Waals surface area contributed by atoms with Gasteiger partial charge in [-0.05, 0) is 6.07 Å². The molecule has 1 rings (SSSR count). The van der Waals surface area contributed by atoms with Crippen LogP contribution in [-0.2, 0) is 16.6 Å². The number of nitrogens with one attached hydrogen (secondary N) is 1. The van der Waals surface area contributed by atoms with Crippen molar-refractivity contribution >= 4 is 21.6 Å². The zero-order chi connectivity index (χ0) is 9.73. The lowest BCUT2D eigenvalue weighted by Crippen LogP contribution is -2.28. The second kappa shape index (κ2) is 4.59. The largest absolute Gasteiger partial charge is 0.271 e.